The van der Waals surface area contributed by atoms with Crippen molar-refractivity contribution in [3.63, 3.8) is 0 Å². The van der Waals surface area contributed by atoms with Gasteiger partial charge in [-0.25, -0.2) is 13.8 Å². The van der Waals surface area contributed by atoms with Crippen molar-refractivity contribution in [1.82, 2.24) is 15.3 Å². The van der Waals surface area contributed by atoms with Gasteiger partial charge in [-0.05, 0) is 18.5 Å². The zero-order chi connectivity index (χ0) is 12.0. The van der Waals surface area contributed by atoms with Crippen molar-refractivity contribution < 1.29 is 8.78 Å². The molecule has 3 rings (SSSR count). The molecule has 1 aromatic carbocycles. The minimum absolute atomic E-state index is 0.223. The van der Waals surface area contributed by atoms with Crippen molar-refractivity contribution in [3.8, 4) is 0 Å². The predicted octanol–water partition coefficient (Wildman–Crippen LogP) is 2.16. The van der Waals surface area contributed by atoms with Gasteiger partial charge >= 0.3 is 0 Å². The zero-order valence-electron chi connectivity index (χ0n) is 9.43. The van der Waals surface area contributed by atoms with Crippen LogP contribution in [0.2, 0.25) is 0 Å². The van der Waals surface area contributed by atoms with E-state index in [9.17, 15) is 8.78 Å². The minimum Gasteiger partial charge on any atom is -0.342 e. The number of aromatic amines is 1. The summed E-state index contributed by atoms with van der Waals surface area (Å²) < 4.78 is 26.6. The Morgan fingerprint density at radius 1 is 1.29 bits per heavy atom. The molecule has 2 N–H and O–H groups in total. The number of nitrogens with one attached hydrogen (secondary N) is 2. The largest absolute Gasteiger partial charge is 0.342 e. The number of aromatic nitrogens is 2. The Morgan fingerprint density at radius 2 is 2.12 bits per heavy atom. The highest BCUT2D eigenvalue weighted by atomic mass is 19.1. The number of benzene rings is 1. The van der Waals surface area contributed by atoms with Gasteiger partial charge in [-0.1, -0.05) is 6.92 Å². The van der Waals surface area contributed by atoms with Gasteiger partial charge in [0.1, 0.15) is 17.2 Å². The monoisotopic (exact) mass is 237 g/mol. The van der Waals surface area contributed by atoms with Gasteiger partial charge in [0, 0.05) is 18.5 Å². The SMILES string of the molecule is C[C@@H]1CNC[C@H]1c1nc2c(F)cc(F)cc2[nH]1. The highest BCUT2D eigenvalue weighted by Crippen LogP contribution is 2.28. The molecule has 17 heavy (non-hydrogen) atoms. The van der Waals surface area contributed by atoms with E-state index >= 15 is 0 Å². The molecule has 1 aliphatic heterocycles. The zero-order valence-corrected chi connectivity index (χ0v) is 9.43. The topological polar surface area (TPSA) is 40.7 Å². The molecule has 0 saturated carbocycles. The van der Waals surface area contributed by atoms with Gasteiger partial charge in [-0.2, -0.15) is 0 Å². The third-order valence-corrected chi connectivity index (χ3v) is 3.39. The summed E-state index contributed by atoms with van der Waals surface area (Å²) in [7, 11) is 0. The molecule has 0 amide bonds. The number of rotatable bonds is 1. The molecular weight excluding hydrogens is 224 g/mol. The molecule has 1 aliphatic rings. The highest BCUT2D eigenvalue weighted by Gasteiger charge is 2.27. The average Bonchev–Trinajstić information content (AvgIpc) is 2.83. The number of fused-ring (bicyclic) bond motifs is 1. The molecule has 1 aromatic heterocycles. The summed E-state index contributed by atoms with van der Waals surface area (Å²) in [6, 6.07) is 2.14. The number of imidazole rings is 1. The van der Waals surface area contributed by atoms with Crippen LogP contribution in [0.5, 0.6) is 0 Å². The Labute approximate surface area is 97.2 Å². The Bertz CT molecular complexity index is 564. The lowest BCUT2D eigenvalue weighted by atomic mass is 9.98. The Balaban J connectivity index is 2.10. The summed E-state index contributed by atoms with van der Waals surface area (Å²) in [6.45, 7) is 3.87. The van der Waals surface area contributed by atoms with Crippen molar-refractivity contribution in [1.29, 1.82) is 0 Å². The second-order valence-corrected chi connectivity index (χ2v) is 4.65. The van der Waals surface area contributed by atoms with Crippen molar-refractivity contribution in [3.05, 3.63) is 29.6 Å². The molecule has 90 valence electrons. The van der Waals surface area contributed by atoms with Gasteiger partial charge in [-0.15, -0.1) is 0 Å². The van der Waals surface area contributed by atoms with Crippen LogP contribution in [0.15, 0.2) is 12.1 Å². The van der Waals surface area contributed by atoms with E-state index in [-0.39, 0.29) is 11.4 Å². The predicted molar refractivity (Wildman–Crippen MR) is 60.8 cm³/mol. The second-order valence-electron chi connectivity index (χ2n) is 4.65. The van der Waals surface area contributed by atoms with Crippen molar-refractivity contribution in [2.24, 2.45) is 5.92 Å². The first-order chi connectivity index (χ1) is 8.15. The fourth-order valence-corrected chi connectivity index (χ4v) is 2.41. The third-order valence-electron chi connectivity index (χ3n) is 3.39. The van der Waals surface area contributed by atoms with Crippen molar-refractivity contribution in [2.75, 3.05) is 13.1 Å². The van der Waals surface area contributed by atoms with Crippen molar-refractivity contribution in [2.45, 2.75) is 12.8 Å². The molecule has 1 saturated heterocycles. The smallest absolute Gasteiger partial charge is 0.153 e. The van der Waals surface area contributed by atoms with Crippen LogP contribution < -0.4 is 5.32 Å². The summed E-state index contributed by atoms with van der Waals surface area (Å²) in [5.74, 6) is 0.235. The quantitative estimate of drug-likeness (QED) is 0.798. The van der Waals surface area contributed by atoms with Gasteiger partial charge in [0.15, 0.2) is 5.82 Å². The molecule has 5 heteroatoms. The lowest BCUT2D eigenvalue weighted by Gasteiger charge is -2.09. The van der Waals surface area contributed by atoms with Crippen LogP contribution in [0.3, 0.4) is 0 Å². The maximum absolute atomic E-state index is 13.5. The number of nitrogens with zero attached hydrogens (tertiary/aromatic N) is 1. The Kier molecular flexibility index (Phi) is 2.36. The third kappa shape index (κ3) is 1.70. The van der Waals surface area contributed by atoms with E-state index in [0.29, 0.717) is 11.4 Å². The van der Waals surface area contributed by atoms with Gasteiger partial charge in [0.05, 0.1) is 5.52 Å². The maximum atomic E-state index is 13.5. The fourth-order valence-electron chi connectivity index (χ4n) is 2.41. The van der Waals surface area contributed by atoms with Crippen LogP contribution in [0.25, 0.3) is 11.0 Å². The first-order valence-corrected chi connectivity index (χ1v) is 5.70. The lowest BCUT2D eigenvalue weighted by molar-refractivity contribution is 0.551. The molecule has 0 spiro atoms. The summed E-state index contributed by atoms with van der Waals surface area (Å²) in [5.41, 5.74) is 0.650. The summed E-state index contributed by atoms with van der Waals surface area (Å²) in [5, 5.41) is 3.26. The first-order valence-electron chi connectivity index (χ1n) is 5.70. The van der Waals surface area contributed by atoms with Crippen LogP contribution >= 0.6 is 0 Å². The van der Waals surface area contributed by atoms with Crippen LogP contribution in [-0.4, -0.2) is 23.1 Å². The van der Waals surface area contributed by atoms with E-state index in [1.807, 2.05) is 0 Å². The molecule has 0 aliphatic carbocycles. The fraction of sp³-hybridized carbons (Fsp3) is 0.417. The molecule has 2 aromatic rings. The van der Waals surface area contributed by atoms with Crippen LogP contribution in [0.4, 0.5) is 8.78 Å². The Morgan fingerprint density at radius 3 is 2.82 bits per heavy atom. The standard InChI is InChI=1S/C12H13F2N3/c1-6-4-15-5-8(6)12-16-10-3-7(13)2-9(14)11(10)17-12/h2-3,6,8,15H,4-5H2,1H3,(H,16,17)/t6-,8-/m1/s1. The van der Waals surface area contributed by atoms with Gasteiger partial charge in [0.25, 0.3) is 0 Å². The minimum atomic E-state index is -0.610. The van der Waals surface area contributed by atoms with E-state index in [0.717, 1.165) is 25.0 Å². The van der Waals surface area contributed by atoms with E-state index < -0.39 is 11.6 Å². The first kappa shape index (κ1) is 10.7. The second kappa shape index (κ2) is 3.77. The number of H-pyrrole nitrogens is 1. The van der Waals surface area contributed by atoms with Crippen LogP contribution in [0, 0.1) is 17.6 Å². The lowest BCUT2D eigenvalue weighted by Crippen LogP contribution is -2.09. The van der Waals surface area contributed by atoms with Crippen LogP contribution in [-0.2, 0) is 0 Å². The van der Waals surface area contributed by atoms with E-state index in [4.69, 9.17) is 0 Å². The molecule has 2 atom stereocenters. The number of hydrogen-bond donors (Lipinski definition) is 2. The molecule has 3 nitrogen and oxygen atoms in total. The molecule has 0 bridgehead atoms. The maximum Gasteiger partial charge on any atom is 0.153 e. The molecule has 0 unspecified atom stereocenters. The summed E-state index contributed by atoms with van der Waals surface area (Å²) in [4.78, 5) is 7.27. The van der Waals surface area contributed by atoms with Gasteiger partial charge < -0.3 is 10.3 Å². The molecular formula is C12H13F2N3. The number of hydrogen-bond acceptors (Lipinski definition) is 2. The van der Waals surface area contributed by atoms with Gasteiger partial charge in [0.2, 0.25) is 0 Å². The summed E-state index contributed by atoms with van der Waals surface area (Å²) >= 11 is 0. The van der Waals surface area contributed by atoms with Gasteiger partial charge in [-0.3, -0.25) is 0 Å². The van der Waals surface area contributed by atoms with E-state index in [1.165, 1.54) is 6.07 Å². The van der Waals surface area contributed by atoms with E-state index in [1.54, 1.807) is 0 Å². The average molecular weight is 237 g/mol. The number of halogens is 2. The molecule has 2 heterocycles. The molecule has 1 fully saturated rings. The normalized spacial score (nSPS) is 24.6. The Hall–Kier alpha value is -1.49. The summed E-state index contributed by atoms with van der Waals surface area (Å²) in [6.07, 6.45) is 0. The highest BCUT2D eigenvalue weighted by molar-refractivity contribution is 5.75. The van der Waals surface area contributed by atoms with Crippen LogP contribution in [0.1, 0.15) is 18.7 Å². The molecule has 0 radical (unpaired) electrons. The van der Waals surface area contributed by atoms with E-state index in [2.05, 4.69) is 22.2 Å². The van der Waals surface area contributed by atoms with Crippen molar-refractivity contribution >= 4 is 11.0 Å².